The molecule has 1 aliphatic heterocycles. The lowest BCUT2D eigenvalue weighted by atomic mass is 9.96. The van der Waals surface area contributed by atoms with Gasteiger partial charge in [0.15, 0.2) is 0 Å². The lowest BCUT2D eigenvalue weighted by Crippen LogP contribution is -2.43. The third-order valence-corrected chi connectivity index (χ3v) is 4.03. The molecule has 1 saturated heterocycles. The lowest BCUT2D eigenvalue weighted by molar-refractivity contribution is 0.0652. The van der Waals surface area contributed by atoms with E-state index in [2.05, 4.69) is 5.32 Å². The highest BCUT2D eigenvalue weighted by atomic mass is 16.3. The molecule has 1 aliphatic rings. The molecule has 2 rings (SSSR count). The first kappa shape index (κ1) is 15.6. The van der Waals surface area contributed by atoms with Crippen molar-refractivity contribution in [1.29, 1.82) is 0 Å². The number of rotatable bonds is 4. The zero-order chi connectivity index (χ0) is 15.4. The van der Waals surface area contributed by atoms with Crippen LogP contribution in [0.15, 0.2) is 18.2 Å². The highest BCUT2D eigenvalue weighted by Crippen LogP contribution is 2.29. The van der Waals surface area contributed by atoms with Gasteiger partial charge >= 0.3 is 0 Å². The van der Waals surface area contributed by atoms with E-state index in [1.54, 1.807) is 4.90 Å². The van der Waals surface area contributed by atoms with Crippen molar-refractivity contribution in [3.63, 3.8) is 0 Å². The molecule has 0 spiro atoms. The predicted molar refractivity (Wildman–Crippen MR) is 81.5 cm³/mol. The third kappa shape index (κ3) is 3.67. The van der Waals surface area contributed by atoms with Gasteiger partial charge in [-0.15, -0.1) is 0 Å². The van der Waals surface area contributed by atoms with Crippen LogP contribution >= 0.6 is 0 Å². The van der Waals surface area contributed by atoms with Gasteiger partial charge in [-0.2, -0.15) is 0 Å². The second-order valence-electron chi connectivity index (χ2n) is 5.92. The second-order valence-corrected chi connectivity index (χ2v) is 5.92. The van der Waals surface area contributed by atoms with Crippen LogP contribution in [-0.2, 0) is 0 Å². The summed E-state index contributed by atoms with van der Waals surface area (Å²) in [6, 6.07) is 4.39. The number of aromatic hydroxyl groups is 2. The zero-order valence-electron chi connectivity index (χ0n) is 12.7. The molecule has 1 fully saturated rings. The standard InChI is InChI=1S/C16H24N2O3/c1-11(2)18(10-12-6-8-17-9-7-12)16(21)15-13(19)4-3-5-14(15)20/h3-5,11-12,17,19-20H,6-10H2,1-2H3. The summed E-state index contributed by atoms with van der Waals surface area (Å²) in [6.07, 6.45) is 2.09. The lowest BCUT2D eigenvalue weighted by Gasteiger charge is -2.33. The minimum Gasteiger partial charge on any atom is -0.507 e. The van der Waals surface area contributed by atoms with E-state index in [4.69, 9.17) is 0 Å². The molecule has 3 N–H and O–H groups in total. The summed E-state index contributed by atoms with van der Waals surface area (Å²) in [6.45, 7) is 6.53. The van der Waals surface area contributed by atoms with Crippen LogP contribution in [0.3, 0.4) is 0 Å². The van der Waals surface area contributed by atoms with Gasteiger partial charge in [0.1, 0.15) is 17.1 Å². The van der Waals surface area contributed by atoms with Gasteiger partial charge in [0, 0.05) is 12.6 Å². The fraction of sp³-hybridized carbons (Fsp3) is 0.562. The summed E-state index contributed by atoms with van der Waals surface area (Å²) in [7, 11) is 0. The van der Waals surface area contributed by atoms with E-state index >= 15 is 0 Å². The van der Waals surface area contributed by atoms with E-state index in [0.29, 0.717) is 12.5 Å². The number of carbonyl (C=O) groups is 1. The molecule has 0 aromatic heterocycles. The first-order chi connectivity index (χ1) is 10.0. The number of nitrogens with one attached hydrogen (secondary N) is 1. The number of phenols is 2. The summed E-state index contributed by atoms with van der Waals surface area (Å²) >= 11 is 0. The smallest absolute Gasteiger partial charge is 0.261 e. The minimum atomic E-state index is -0.306. The van der Waals surface area contributed by atoms with Crippen LogP contribution in [0.1, 0.15) is 37.0 Å². The van der Waals surface area contributed by atoms with E-state index in [1.807, 2.05) is 13.8 Å². The predicted octanol–water partition coefficient (Wildman–Crippen LogP) is 1.95. The number of amides is 1. The van der Waals surface area contributed by atoms with E-state index in [9.17, 15) is 15.0 Å². The van der Waals surface area contributed by atoms with Gasteiger partial charge in [-0.1, -0.05) is 6.07 Å². The number of piperidine rings is 1. The number of nitrogens with zero attached hydrogens (tertiary/aromatic N) is 1. The van der Waals surface area contributed by atoms with Crippen molar-refractivity contribution in [2.75, 3.05) is 19.6 Å². The molecule has 5 heteroatoms. The maximum Gasteiger partial charge on any atom is 0.261 e. The van der Waals surface area contributed by atoms with Gasteiger partial charge in [-0.3, -0.25) is 4.79 Å². The van der Waals surface area contributed by atoms with Crippen molar-refractivity contribution in [2.45, 2.75) is 32.7 Å². The Bertz CT molecular complexity index is 476. The number of carbonyl (C=O) groups excluding carboxylic acids is 1. The van der Waals surface area contributed by atoms with Crippen molar-refractivity contribution in [3.8, 4) is 11.5 Å². The van der Waals surface area contributed by atoms with Crippen LogP contribution in [0.25, 0.3) is 0 Å². The average Bonchev–Trinajstić information content (AvgIpc) is 2.45. The normalized spacial score (nSPS) is 16.1. The molecule has 116 valence electrons. The largest absolute Gasteiger partial charge is 0.507 e. The van der Waals surface area contributed by atoms with E-state index in [-0.39, 0.29) is 29.0 Å². The number of hydrogen-bond donors (Lipinski definition) is 3. The first-order valence-electron chi connectivity index (χ1n) is 7.53. The van der Waals surface area contributed by atoms with Crippen LogP contribution < -0.4 is 5.32 Å². The van der Waals surface area contributed by atoms with Crippen LogP contribution in [-0.4, -0.2) is 46.7 Å². The highest BCUT2D eigenvalue weighted by Gasteiger charge is 2.27. The Morgan fingerprint density at radius 2 is 1.86 bits per heavy atom. The minimum absolute atomic E-state index is 0.000124. The van der Waals surface area contributed by atoms with Crippen molar-refractivity contribution < 1.29 is 15.0 Å². The maximum absolute atomic E-state index is 12.7. The van der Waals surface area contributed by atoms with Crippen LogP contribution in [0.5, 0.6) is 11.5 Å². The molecule has 0 unspecified atom stereocenters. The van der Waals surface area contributed by atoms with E-state index in [0.717, 1.165) is 25.9 Å². The van der Waals surface area contributed by atoms with Crippen LogP contribution in [0.4, 0.5) is 0 Å². The molecule has 1 aromatic carbocycles. The Morgan fingerprint density at radius 3 is 2.38 bits per heavy atom. The monoisotopic (exact) mass is 292 g/mol. The molecule has 5 nitrogen and oxygen atoms in total. The van der Waals surface area contributed by atoms with Gasteiger partial charge in [0.05, 0.1) is 0 Å². The fourth-order valence-electron chi connectivity index (χ4n) is 2.76. The van der Waals surface area contributed by atoms with Crippen molar-refractivity contribution in [2.24, 2.45) is 5.92 Å². The quantitative estimate of drug-likeness (QED) is 0.793. The fourth-order valence-corrected chi connectivity index (χ4v) is 2.76. The second kappa shape index (κ2) is 6.80. The first-order valence-corrected chi connectivity index (χ1v) is 7.53. The molecule has 1 heterocycles. The van der Waals surface area contributed by atoms with E-state index in [1.165, 1.54) is 18.2 Å². The summed E-state index contributed by atoms with van der Waals surface area (Å²) in [5, 5.41) is 23.1. The summed E-state index contributed by atoms with van der Waals surface area (Å²) in [5.74, 6) is -0.184. The van der Waals surface area contributed by atoms with Gasteiger partial charge in [0.25, 0.3) is 5.91 Å². The molecule has 1 amide bonds. The molecule has 0 aliphatic carbocycles. The highest BCUT2D eigenvalue weighted by molar-refractivity contribution is 5.99. The van der Waals surface area contributed by atoms with Gasteiger partial charge in [0.2, 0.25) is 0 Å². The number of hydrogen-bond acceptors (Lipinski definition) is 4. The number of phenolic OH excluding ortho intramolecular Hbond substituents is 2. The van der Waals surface area contributed by atoms with Gasteiger partial charge < -0.3 is 20.4 Å². The number of benzene rings is 1. The molecule has 0 saturated carbocycles. The van der Waals surface area contributed by atoms with Gasteiger partial charge in [-0.05, 0) is 57.8 Å². The Morgan fingerprint density at radius 1 is 1.29 bits per heavy atom. The third-order valence-electron chi connectivity index (χ3n) is 4.03. The Kier molecular flexibility index (Phi) is 5.07. The van der Waals surface area contributed by atoms with Crippen molar-refractivity contribution in [1.82, 2.24) is 10.2 Å². The molecule has 1 aromatic rings. The van der Waals surface area contributed by atoms with Crippen LogP contribution in [0, 0.1) is 5.92 Å². The molecule has 0 radical (unpaired) electrons. The van der Waals surface area contributed by atoms with Crippen molar-refractivity contribution in [3.05, 3.63) is 23.8 Å². The Balaban J connectivity index is 2.19. The summed E-state index contributed by atoms with van der Waals surface area (Å²) in [4.78, 5) is 14.4. The SMILES string of the molecule is CC(C)N(CC1CCNCC1)C(=O)c1c(O)cccc1O. The molecule has 0 atom stereocenters. The molecule has 21 heavy (non-hydrogen) atoms. The topological polar surface area (TPSA) is 72.8 Å². The van der Waals surface area contributed by atoms with Crippen molar-refractivity contribution >= 4 is 5.91 Å². The molecular formula is C16H24N2O3. The maximum atomic E-state index is 12.7. The van der Waals surface area contributed by atoms with Crippen LogP contribution in [0.2, 0.25) is 0 Å². The van der Waals surface area contributed by atoms with Gasteiger partial charge in [-0.25, -0.2) is 0 Å². The Labute approximate surface area is 125 Å². The average molecular weight is 292 g/mol. The summed E-state index contributed by atoms with van der Waals surface area (Å²) < 4.78 is 0. The summed E-state index contributed by atoms with van der Waals surface area (Å²) in [5.41, 5.74) is 0.000124. The molecular weight excluding hydrogens is 268 g/mol. The zero-order valence-corrected chi connectivity index (χ0v) is 12.7. The molecule has 0 bridgehead atoms. The van der Waals surface area contributed by atoms with E-state index < -0.39 is 0 Å². The Hall–Kier alpha value is -1.75.